The van der Waals surface area contributed by atoms with Gasteiger partial charge >= 0.3 is 5.97 Å². The number of carboxylic acids is 1. The van der Waals surface area contributed by atoms with Crippen LogP contribution in [0, 0.1) is 6.92 Å². The highest BCUT2D eigenvalue weighted by Crippen LogP contribution is 2.16. The van der Waals surface area contributed by atoms with Crippen molar-refractivity contribution in [1.29, 1.82) is 0 Å². The molecule has 2 heterocycles. The maximum atomic E-state index is 11.6. The summed E-state index contributed by atoms with van der Waals surface area (Å²) in [5.41, 5.74) is 0.00357. The Morgan fingerprint density at radius 2 is 2.25 bits per heavy atom. The molecule has 0 fully saturated rings. The second-order valence-electron chi connectivity index (χ2n) is 3.93. The summed E-state index contributed by atoms with van der Waals surface area (Å²) < 4.78 is 0. The van der Waals surface area contributed by atoms with Crippen molar-refractivity contribution >= 4 is 40.6 Å². The summed E-state index contributed by atoms with van der Waals surface area (Å²) >= 11 is 2.82. The molecule has 104 valence electrons. The first-order chi connectivity index (χ1) is 9.54. The van der Waals surface area contributed by atoms with Gasteiger partial charge in [-0.2, -0.15) is 0 Å². The molecule has 0 unspecified atom stereocenters. The largest absolute Gasteiger partial charge is 0.476 e. The Labute approximate surface area is 123 Å². The minimum atomic E-state index is -1.06. The van der Waals surface area contributed by atoms with E-state index in [9.17, 15) is 9.59 Å². The average Bonchev–Trinajstić information content (AvgIpc) is 3.03. The molecule has 0 aliphatic carbocycles. The number of carbonyl (C=O) groups excluding carboxylic acids is 1. The van der Waals surface area contributed by atoms with E-state index >= 15 is 0 Å². The molecule has 7 heteroatoms. The summed E-state index contributed by atoms with van der Waals surface area (Å²) in [5, 5.41) is 13.4. The monoisotopic (exact) mass is 308 g/mol. The highest BCUT2D eigenvalue weighted by atomic mass is 32.1. The first kappa shape index (κ1) is 14.4. The lowest BCUT2D eigenvalue weighted by Gasteiger charge is -1.97. The zero-order chi connectivity index (χ0) is 14.5. The van der Waals surface area contributed by atoms with Gasteiger partial charge in [0.05, 0.1) is 6.54 Å². The van der Waals surface area contributed by atoms with Crippen molar-refractivity contribution in [3.8, 4) is 0 Å². The lowest BCUT2D eigenvalue weighted by Crippen LogP contribution is -2.20. The van der Waals surface area contributed by atoms with Crippen molar-refractivity contribution in [2.75, 3.05) is 0 Å². The quantitative estimate of drug-likeness (QED) is 0.832. The van der Waals surface area contributed by atoms with Crippen LogP contribution in [-0.4, -0.2) is 22.0 Å². The highest BCUT2D eigenvalue weighted by Gasteiger charge is 2.08. The summed E-state index contributed by atoms with van der Waals surface area (Å²) in [6.07, 6.45) is 3.20. The second-order valence-corrected chi connectivity index (χ2v) is 6.19. The smallest absolute Gasteiger partial charge is 0.355 e. The van der Waals surface area contributed by atoms with E-state index in [1.807, 2.05) is 19.1 Å². The van der Waals surface area contributed by atoms with Gasteiger partial charge in [-0.1, -0.05) is 0 Å². The number of aromatic nitrogens is 1. The predicted molar refractivity (Wildman–Crippen MR) is 79.0 cm³/mol. The van der Waals surface area contributed by atoms with Crippen molar-refractivity contribution < 1.29 is 14.7 Å². The number of aryl methyl sites for hydroxylation is 1. The summed E-state index contributed by atoms with van der Waals surface area (Å²) in [6.45, 7) is 2.23. The van der Waals surface area contributed by atoms with Crippen LogP contribution in [0.3, 0.4) is 0 Å². The molecule has 0 atom stereocenters. The maximum absolute atomic E-state index is 11.6. The molecule has 20 heavy (non-hydrogen) atoms. The number of thiazole rings is 1. The van der Waals surface area contributed by atoms with Crippen molar-refractivity contribution in [2.45, 2.75) is 13.5 Å². The van der Waals surface area contributed by atoms with Crippen molar-refractivity contribution in [3.05, 3.63) is 44.0 Å². The summed E-state index contributed by atoms with van der Waals surface area (Å²) in [7, 11) is 0. The molecule has 1 amide bonds. The summed E-state index contributed by atoms with van der Waals surface area (Å²) in [6, 6.07) is 3.94. The Hall–Kier alpha value is -1.99. The zero-order valence-corrected chi connectivity index (χ0v) is 12.3. The number of nitrogens with zero attached hydrogens (tertiary/aromatic N) is 1. The van der Waals surface area contributed by atoms with Crippen LogP contribution >= 0.6 is 22.7 Å². The minimum absolute atomic E-state index is 0.00357. The number of amides is 1. The van der Waals surface area contributed by atoms with E-state index < -0.39 is 5.97 Å². The standard InChI is InChI=1S/C13H12N2O3S2/c1-8-2-3-9(20-8)4-5-11(16)14-6-12-15-10(7-19-12)13(17)18/h2-5,7H,6H2,1H3,(H,14,16)(H,17,18). The van der Waals surface area contributed by atoms with Gasteiger partial charge in [-0.3, -0.25) is 4.79 Å². The lowest BCUT2D eigenvalue weighted by atomic mass is 10.4. The van der Waals surface area contributed by atoms with E-state index in [4.69, 9.17) is 5.11 Å². The Morgan fingerprint density at radius 3 is 2.85 bits per heavy atom. The molecule has 2 rings (SSSR count). The van der Waals surface area contributed by atoms with Crippen molar-refractivity contribution in [1.82, 2.24) is 10.3 Å². The van der Waals surface area contributed by atoms with Gasteiger partial charge < -0.3 is 10.4 Å². The zero-order valence-electron chi connectivity index (χ0n) is 10.6. The van der Waals surface area contributed by atoms with Gasteiger partial charge in [-0.15, -0.1) is 22.7 Å². The molecule has 0 aromatic carbocycles. The molecule has 0 saturated heterocycles. The van der Waals surface area contributed by atoms with Gasteiger partial charge in [0.1, 0.15) is 5.01 Å². The molecule has 5 nitrogen and oxygen atoms in total. The Morgan fingerprint density at radius 1 is 1.45 bits per heavy atom. The number of aromatic carboxylic acids is 1. The first-order valence-corrected chi connectivity index (χ1v) is 7.44. The van der Waals surface area contributed by atoms with Crippen LogP contribution in [0.25, 0.3) is 6.08 Å². The molecule has 2 N–H and O–H groups in total. The summed E-state index contributed by atoms with van der Waals surface area (Å²) in [5.74, 6) is -1.30. The third kappa shape index (κ3) is 4.01. The van der Waals surface area contributed by atoms with Crippen LogP contribution in [0.1, 0.15) is 25.3 Å². The number of hydrogen-bond acceptors (Lipinski definition) is 5. The summed E-state index contributed by atoms with van der Waals surface area (Å²) in [4.78, 5) is 28.4. The van der Waals surface area contributed by atoms with E-state index in [2.05, 4.69) is 10.3 Å². The van der Waals surface area contributed by atoms with Crippen molar-refractivity contribution in [3.63, 3.8) is 0 Å². The molecular formula is C13H12N2O3S2. The molecule has 0 saturated carbocycles. The minimum Gasteiger partial charge on any atom is -0.476 e. The Balaban J connectivity index is 1.85. The van der Waals surface area contributed by atoms with E-state index in [1.165, 1.54) is 27.7 Å². The van der Waals surface area contributed by atoms with Crippen LogP contribution in [0.4, 0.5) is 0 Å². The van der Waals surface area contributed by atoms with Gasteiger partial charge in [0.2, 0.25) is 5.91 Å². The number of carbonyl (C=O) groups is 2. The van der Waals surface area contributed by atoms with Gasteiger partial charge in [0.15, 0.2) is 5.69 Å². The van der Waals surface area contributed by atoms with E-state index in [0.29, 0.717) is 5.01 Å². The molecule has 2 aromatic rings. The first-order valence-electron chi connectivity index (χ1n) is 5.74. The van der Waals surface area contributed by atoms with Gasteiger partial charge in [-0.25, -0.2) is 9.78 Å². The number of carboxylic acid groups (broad SMARTS) is 1. The fourth-order valence-electron chi connectivity index (χ4n) is 1.41. The van der Waals surface area contributed by atoms with Crippen LogP contribution in [0.2, 0.25) is 0 Å². The predicted octanol–water partition coefficient (Wildman–Crippen LogP) is 2.54. The fourth-order valence-corrected chi connectivity index (χ4v) is 2.90. The molecule has 0 bridgehead atoms. The molecule has 0 radical (unpaired) electrons. The van der Waals surface area contributed by atoms with Gasteiger partial charge in [0.25, 0.3) is 0 Å². The average molecular weight is 308 g/mol. The van der Waals surface area contributed by atoms with E-state index in [1.54, 1.807) is 17.4 Å². The third-order valence-corrected chi connectivity index (χ3v) is 4.16. The van der Waals surface area contributed by atoms with Gasteiger partial charge in [0, 0.05) is 21.2 Å². The second kappa shape index (κ2) is 6.44. The molecular weight excluding hydrogens is 296 g/mol. The van der Waals surface area contributed by atoms with Crippen LogP contribution in [0.5, 0.6) is 0 Å². The van der Waals surface area contributed by atoms with E-state index in [0.717, 1.165) is 4.88 Å². The van der Waals surface area contributed by atoms with Gasteiger partial charge in [-0.05, 0) is 25.1 Å². The number of hydrogen-bond donors (Lipinski definition) is 2. The molecule has 2 aromatic heterocycles. The topological polar surface area (TPSA) is 79.3 Å². The van der Waals surface area contributed by atoms with Crippen LogP contribution in [-0.2, 0) is 11.3 Å². The molecule has 0 aliphatic heterocycles. The van der Waals surface area contributed by atoms with Crippen molar-refractivity contribution in [2.24, 2.45) is 0 Å². The lowest BCUT2D eigenvalue weighted by molar-refractivity contribution is -0.116. The SMILES string of the molecule is Cc1ccc(C=CC(=O)NCc2nc(C(=O)O)cs2)s1. The number of rotatable bonds is 5. The number of thiophene rings is 1. The van der Waals surface area contributed by atoms with E-state index in [-0.39, 0.29) is 18.1 Å². The molecule has 0 aliphatic rings. The van der Waals surface area contributed by atoms with Crippen LogP contribution < -0.4 is 5.32 Å². The van der Waals surface area contributed by atoms with Crippen LogP contribution in [0.15, 0.2) is 23.6 Å². The maximum Gasteiger partial charge on any atom is 0.355 e. The fraction of sp³-hybridized carbons (Fsp3) is 0.154. The Kier molecular flexibility index (Phi) is 4.65. The highest BCUT2D eigenvalue weighted by molar-refractivity contribution is 7.12. The molecule has 0 spiro atoms. The number of nitrogens with one attached hydrogen (secondary N) is 1. The Bertz CT molecular complexity index is 658. The third-order valence-electron chi connectivity index (χ3n) is 2.34. The normalized spacial score (nSPS) is 10.8.